The van der Waals surface area contributed by atoms with Crippen molar-refractivity contribution in [3.05, 3.63) is 16.5 Å². The normalized spacial score (nSPS) is 25.6. The molecule has 2 atom stereocenters. The number of likely N-dealkylation sites (N-methyl/N-ethyl adjacent to an activating group) is 1. The highest BCUT2D eigenvalue weighted by molar-refractivity contribution is 6.30. The molecule has 5 heteroatoms. The predicted molar refractivity (Wildman–Crippen MR) is 75.4 cm³/mol. The van der Waals surface area contributed by atoms with Crippen LogP contribution in [0, 0.1) is 13.8 Å². The van der Waals surface area contributed by atoms with Crippen LogP contribution < -0.4 is 4.90 Å². The smallest absolute Gasteiger partial charge is 0.137 e. The average molecular weight is 269 g/mol. The fourth-order valence-corrected chi connectivity index (χ4v) is 2.67. The topological polar surface area (TPSA) is 32.3 Å². The molecule has 0 saturated carbocycles. The molecule has 1 saturated heterocycles. The van der Waals surface area contributed by atoms with Gasteiger partial charge in [-0.3, -0.25) is 4.90 Å². The number of aryl methyl sites for hydroxylation is 1. The third kappa shape index (κ3) is 2.45. The summed E-state index contributed by atoms with van der Waals surface area (Å²) in [5, 5.41) is 0.566. The van der Waals surface area contributed by atoms with E-state index in [0.29, 0.717) is 17.2 Å². The molecule has 1 aromatic heterocycles. The Balaban J connectivity index is 2.32. The van der Waals surface area contributed by atoms with Crippen LogP contribution in [-0.2, 0) is 0 Å². The summed E-state index contributed by atoms with van der Waals surface area (Å²) < 4.78 is 0. The SMILES string of the molecule is Cc1nc(Cl)c(C)c(N2CC(C)N(C)C(C)C2)n1. The van der Waals surface area contributed by atoms with Gasteiger partial charge in [-0.25, -0.2) is 9.97 Å². The van der Waals surface area contributed by atoms with Crippen LogP contribution in [0.4, 0.5) is 5.82 Å². The second-order valence-electron chi connectivity index (χ2n) is 5.28. The van der Waals surface area contributed by atoms with Crippen LogP contribution in [0.5, 0.6) is 0 Å². The van der Waals surface area contributed by atoms with E-state index in [0.717, 1.165) is 30.3 Å². The quantitative estimate of drug-likeness (QED) is 0.732. The number of piperazine rings is 1. The number of hydrogen-bond donors (Lipinski definition) is 0. The lowest BCUT2D eigenvalue weighted by Gasteiger charge is -2.43. The standard InChI is InChI=1S/C13H21ClN4/c1-8-6-18(7-9(2)17(8)5)13-10(3)12(14)15-11(4)16-13/h8-9H,6-7H2,1-5H3. The number of anilines is 1. The highest BCUT2D eigenvalue weighted by Gasteiger charge is 2.28. The maximum absolute atomic E-state index is 6.15. The first-order valence-corrected chi connectivity index (χ1v) is 6.75. The van der Waals surface area contributed by atoms with Crippen LogP contribution in [0.1, 0.15) is 25.2 Å². The Kier molecular flexibility index (Phi) is 3.78. The molecule has 0 N–H and O–H groups in total. The van der Waals surface area contributed by atoms with E-state index in [-0.39, 0.29) is 0 Å². The van der Waals surface area contributed by atoms with E-state index in [2.05, 4.69) is 40.7 Å². The molecule has 2 rings (SSSR count). The molecule has 2 heterocycles. The van der Waals surface area contributed by atoms with Crippen molar-refractivity contribution < 1.29 is 0 Å². The summed E-state index contributed by atoms with van der Waals surface area (Å²) in [7, 11) is 2.18. The van der Waals surface area contributed by atoms with Crippen molar-refractivity contribution in [1.29, 1.82) is 0 Å². The van der Waals surface area contributed by atoms with Gasteiger partial charge in [-0.2, -0.15) is 0 Å². The van der Waals surface area contributed by atoms with Crippen molar-refractivity contribution in [3.8, 4) is 0 Å². The molecule has 1 aromatic rings. The molecule has 1 fully saturated rings. The lowest BCUT2D eigenvalue weighted by atomic mass is 10.1. The van der Waals surface area contributed by atoms with Crippen LogP contribution in [-0.4, -0.2) is 47.1 Å². The number of hydrogen-bond acceptors (Lipinski definition) is 4. The van der Waals surface area contributed by atoms with Gasteiger partial charge in [0.2, 0.25) is 0 Å². The maximum atomic E-state index is 6.15. The van der Waals surface area contributed by atoms with Gasteiger partial charge in [-0.1, -0.05) is 11.6 Å². The monoisotopic (exact) mass is 268 g/mol. The number of rotatable bonds is 1. The van der Waals surface area contributed by atoms with Gasteiger partial charge in [-0.15, -0.1) is 0 Å². The molecule has 0 spiro atoms. The van der Waals surface area contributed by atoms with E-state index < -0.39 is 0 Å². The van der Waals surface area contributed by atoms with Crippen molar-refractivity contribution in [2.75, 3.05) is 25.0 Å². The summed E-state index contributed by atoms with van der Waals surface area (Å²) in [6, 6.07) is 1.03. The van der Waals surface area contributed by atoms with Gasteiger partial charge in [0, 0.05) is 30.7 Å². The van der Waals surface area contributed by atoms with E-state index in [1.807, 2.05) is 13.8 Å². The van der Waals surface area contributed by atoms with Crippen molar-refractivity contribution in [1.82, 2.24) is 14.9 Å². The molecular formula is C13H21ClN4. The zero-order valence-corrected chi connectivity index (χ0v) is 12.5. The van der Waals surface area contributed by atoms with Crippen LogP contribution >= 0.6 is 11.6 Å². The highest BCUT2D eigenvalue weighted by Crippen LogP contribution is 2.26. The lowest BCUT2D eigenvalue weighted by molar-refractivity contribution is 0.169. The van der Waals surface area contributed by atoms with Crippen molar-refractivity contribution >= 4 is 17.4 Å². The number of aromatic nitrogens is 2. The van der Waals surface area contributed by atoms with Gasteiger partial charge in [0.1, 0.15) is 16.8 Å². The number of halogens is 1. The Labute approximate surface area is 114 Å². The Hall–Kier alpha value is -0.870. The van der Waals surface area contributed by atoms with Crippen molar-refractivity contribution in [2.24, 2.45) is 0 Å². The summed E-state index contributed by atoms with van der Waals surface area (Å²) >= 11 is 6.15. The third-order valence-corrected chi connectivity index (χ3v) is 4.20. The van der Waals surface area contributed by atoms with E-state index in [9.17, 15) is 0 Å². The molecule has 0 bridgehead atoms. The van der Waals surface area contributed by atoms with Crippen molar-refractivity contribution in [3.63, 3.8) is 0 Å². The molecule has 4 nitrogen and oxygen atoms in total. The predicted octanol–water partition coefficient (Wildman–Crippen LogP) is 2.28. The van der Waals surface area contributed by atoms with Gasteiger partial charge in [0.25, 0.3) is 0 Å². The molecule has 0 aliphatic carbocycles. The Morgan fingerprint density at radius 3 is 2.22 bits per heavy atom. The van der Waals surface area contributed by atoms with Crippen LogP contribution in [0.2, 0.25) is 5.15 Å². The van der Waals surface area contributed by atoms with E-state index >= 15 is 0 Å². The zero-order chi connectivity index (χ0) is 13.4. The molecule has 0 aromatic carbocycles. The summed E-state index contributed by atoms with van der Waals surface area (Å²) in [4.78, 5) is 13.5. The summed E-state index contributed by atoms with van der Waals surface area (Å²) in [6.07, 6.45) is 0. The first kappa shape index (κ1) is 13.6. The first-order chi connectivity index (χ1) is 8.40. The summed E-state index contributed by atoms with van der Waals surface area (Å²) in [6.45, 7) is 10.3. The van der Waals surface area contributed by atoms with Gasteiger partial charge in [-0.05, 0) is 34.7 Å². The minimum Gasteiger partial charge on any atom is -0.353 e. The summed E-state index contributed by atoms with van der Waals surface area (Å²) in [5.41, 5.74) is 0.978. The Morgan fingerprint density at radius 2 is 1.67 bits per heavy atom. The second-order valence-corrected chi connectivity index (χ2v) is 5.64. The highest BCUT2D eigenvalue weighted by atomic mass is 35.5. The summed E-state index contributed by atoms with van der Waals surface area (Å²) in [5.74, 6) is 1.72. The van der Waals surface area contributed by atoms with Crippen LogP contribution in [0.15, 0.2) is 0 Å². The average Bonchev–Trinajstić information content (AvgIpc) is 2.30. The molecule has 100 valence electrons. The molecule has 1 aliphatic heterocycles. The van der Waals surface area contributed by atoms with Gasteiger partial charge < -0.3 is 4.90 Å². The Bertz CT molecular complexity index is 437. The van der Waals surface area contributed by atoms with E-state index in [4.69, 9.17) is 11.6 Å². The molecule has 18 heavy (non-hydrogen) atoms. The van der Waals surface area contributed by atoms with E-state index in [1.54, 1.807) is 0 Å². The maximum Gasteiger partial charge on any atom is 0.137 e. The molecule has 2 unspecified atom stereocenters. The van der Waals surface area contributed by atoms with E-state index in [1.165, 1.54) is 0 Å². The molecular weight excluding hydrogens is 248 g/mol. The number of nitrogens with zero attached hydrogens (tertiary/aromatic N) is 4. The fraction of sp³-hybridized carbons (Fsp3) is 0.692. The van der Waals surface area contributed by atoms with Gasteiger partial charge >= 0.3 is 0 Å². The Morgan fingerprint density at radius 1 is 1.11 bits per heavy atom. The fourth-order valence-electron chi connectivity index (χ4n) is 2.47. The second kappa shape index (κ2) is 5.02. The first-order valence-electron chi connectivity index (χ1n) is 6.37. The molecule has 1 aliphatic rings. The minimum absolute atomic E-state index is 0.516. The largest absolute Gasteiger partial charge is 0.353 e. The minimum atomic E-state index is 0.516. The molecule has 0 amide bonds. The van der Waals surface area contributed by atoms with Gasteiger partial charge in [0.15, 0.2) is 0 Å². The zero-order valence-electron chi connectivity index (χ0n) is 11.7. The van der Waals surface area contributed by atoms with Crippen LogP contribution in [0.25, 0.3) is 0 Å². The van der Waals surface area contributed by atoms with Crippen molar-refractivity contribution in [2.45, 2.75) is 39.8 Å². The lowest BCUT2D eigenvalue weighted by Crippen LogP contribution is -2.55. The molecule has 0 radical (unpaired) electrons. The third-order valence-electron chi connectivity index (χ3n) is 3.83. The van der Waals surface area contributed by atoms with Gasteiger partial charge in [0.05, 0.1) is 0 Å². The van der Waals surface area contributed by atoms with Crippen LogP contribution in [0.3, 0.4) is 0 Å².